The van der Waals surface area contributed by atoms with Crippen molar-refractivity contribution in [2.24, 2.45) is 0 Å². The van der Waals surface area contributed by atoms with Crippen molar-refractivity contribution in [3.8, 4) is 0 Å². The Morgan fingerprint density at radius 2 is 1.09 bits per heavy atom. The summed E-state index contributed by atoms with van der Waals surface area (Å²) in [6, 6.07) is 32.0. The van der Waals surface area contributed by atoms with Crippen LogP contribution in [0.15, 0.2) is 117 Å². The van der Waals surface area contributed by atoms with Gasteiger partial charge in [-0.15, -0.1) is 0 Å². The molecule has 0 amide bonds. The van der Waals surface area contributed by atoms with E-state index in [1.807, 2.05) is 6.92 Å². The van der Waals surface area contributed by atoms with Crippen LogP contribution in [-0.2, 0) is 21.0 Å². The lowest BCUT2D eigenvalue weighted by Crippen LogP contribution is -2.07. The monoisotopic (exact) mass is 476 g/mol. The molecule has 0 saturated carbocycles. The molecule has 5 heteroatoms. The van der Waals surface area contributed by atoms with Crippen LogP contribution in [0.2, 0.25) is 0 Å². The van der Waals surface area contributed by atoms with Crippen LogP contribution >= 0.6 is 0 Å². The quantitative estimate of drug-likeness (QED) is 0.246. The summed E-state index contributed by atoms with van der Waals surface area (Å²) in [4.78, 5) is 4.00. The highest BCUT2D eigenvalue weighted by Gasteiger charge is 2.30. The number of hydrogen-bond acceptors (Lipinski definition) is 3. The maximum absolute atomic E-state index is 10.4. The first kappa shape index (κ1) is 24.8. The summed E-state index contributed by atoms with van der Waals surface area (Å²) < 4.78 is 31.2. The third-order valence-electron chi connectivity index (χ3n) is 5.50. The van der Waals surface area contributed by atoms with Gasteiger partial charge in [0.25, 0.3) is 0 Å². The van der Waals surface area contributed by atoms with E-state index in [9.17, 15) is 13.0 Å². The molecule has 33 heavy (non-hydrogen) atoms. The molecule has 0 heterocycles. The van der Waals surface area contributed by atoms with E-state index >= 15 is 0 Å². The summed E-state index contributed by atoms with van der Waals surface area (Å²) in [5.74, 6) is 0. The third kappa shape index (κ3) is 6.35. The minimum Gasteiger partial charge on any atom is -0.744 e. The fraction of sp³-hybridized carbons (Fsp3) is 0.143. The molecule has 0 aliphatic rings. The molecule has 0 atom stereocenters. The van der Waals surface area contributed by atoms with Crippen LogP contribution in [0.4, 0.5) is 0 Å². The molecule has 4 aromatic carbocycles. The van der Waals surface area contributed by atoms with Crippen molar-refractivity contribution in [1.82, 2.24) is 0 Å². The predicted molar refractivity (Wildman–Crippen MR) is 135 cm³/mol. The van der Waals surface area contributed by atoms with E-state index in [1.54, 1.807) is 12.1 Å². The van der Waals surface area contributed by atoms with Crippen LogP contribution in [0.25, 0.3) is 0 Å². The molecular weight excluding hydrogens is 448 g/mol. The number of hydrogen-bond donors (Lipinski definition) is 0. The molecule has 0 bridgehead atoms. The van der Waals surface area contributed by atoms with E-state index in [4.69, 9.17) is 0 Å². The van der Waals surface area contributed by atoms with Gasteiger partial charge >= 0.3 is 0 Å². The Bertz CT molecular complexity index is 1260. The van der Waals surface area contributed by atoms with E-state index in [2.05, 4.69) is 93.6 Å². The SMILES string of the molecule is Cc1ccc(S(=O)(=O)[O-])cc1.Cc1ccc([S+](c2ccccc2)c2ccccc2)c(C)c1C. The molecule has 0 aromatic heterocycles. The first-order valence-corrected chi connectivity index (χ1v) is 13.3. The fourth-order valence-electron chi connectivity index (χ4n) is 3.36. The van der Waals surface area contributed by atoms with Crippen molar-refractivity contribution in [2.75, 3.05) is 0 Å². The van der Waals surface area contributed by atoms with Gasteiger partial charge in [0.1, 0.15) is 10.1 Å². The van der Waals surface area contributed by atoms with Crippen LogP contribution in [0.3, 0.4) is 0 Å². The van der Waals surface area contributed by atoms with Gasteiger partial charge in [0.2, 0.25) is 0 Å². The molecule has 0 saturated heterocycles. The van der Waals surface area contributed by atoms with Gasteiger partial charge < -0.3 is 4.55 Å². The topological polar surface area (TPSA) is 57.2 Å². The first-order chi connectivity index (χ1) is 15.7. The molecule has 170 valence electrons. The summed E-state index contributed by atoms with van der Waals surface area (Å²) in [6.07, 6.45) is 0. The second-order valence-corrected chi connectivity index (χ2v) is 11.2. The second-order valence-electron chi connectivity index (χ2n) is 7.83. The Kier molecular flexibility index (Phi) is 8.14. The Labute approximate surface area is 200 Å². The van der Waals surface area contributed by atoms with Crippen LogP contribution in [0, 0.1) is 27.7 Å². The Morgan fingerprint density at radius 3 is 1.55 bits per heavy atom. The van der Waals surface area contributed by atoms with Gasteiger partial charge in [0.05, 0.1) is 15.8 Å². The molecule has 0 unspecified atom stereocenters. The molecule has 4 rings (SSSR count). The first-order valence-electron chi connectivity index (χ1n) is 10.6. The maximum Gasteiger partial charge on any atom is 0.169 e. The van der Waals surface area contributed by atoms with Crippen LogP contribution < -0.4 is 0 Å². The van der Waals surface area contributed by atoms with Crippen LogP contribution in [0.1, 0.15) is 22.3 Å². The normalized spacial score (nSPS) is 11.1. The summed E-state index contributed by atoms with van der Waals surface area (Å²) in [5.41, 5.74) is 5.11. The highest BCUT2D eigenvalue weighted by Crippen LogP contribution is 2.34. The molecule has 0 fully saturated rings. The van der Waals surface area contributed by atoms with Crippen molar-refractivity contribution >= 4 is 21.0 Å². The molecule has 4 aromatic rings. The summed E-state index contributed by atoms with van der Waals surface area (Å²) in [6.45, 7) is 8.49. The second kappa shape index (κ2) is 10.8. The molecular formula is C28H28O3S2. The zero-order valence-electron chi connectivity index (χ0n) is 19.3. The van der Waals surface area contributed by atoms with Crippen LogP contribution in [-0.4, -0.2) is 13.0 Å². The van der Waals surface area contributed by atoms with Crippen molar-refractivity contribution < 1.29 is 13.0 Å². The average Bonchev–Trinajstić information content (AvgIpc) is 2.81. The van der Waals surface area contributed by atoms with Gasteiger partial charge in [-0.25, -0.2) is 8.42 Å². The highest BCUT2D eigenvalue weighted by molar-refractivity contribution is 7.97. The van der Waals surface area contributed by atoms with Gasteiger partial charge in [-0.2, -0.15) is 0 Å². The Balaban J connectivity index is 0.000000235. The van der Waals surface area contributed by atoms with Gasteiger partial charge in [-0.05, 0) is 81.3 Å². The number of benzene rings is 4. The number of aryl methyl sites for hydroxylation is 2. The standard InChI is InChI=1S/C21H21S.C7H8O3S/c1-16-14-15-21(18(3)17(16)2)22(19-10-6-4-7-11-19)20-12-8-5-9-13-20;1-6-2-4-7(5-3-6)11(8,9)10/h4-15H,1-3H3;2-5H,1H3,(H,8,9,10)/q+1;/p-1. The van der Waals surface area contributed by atoms with E-state index in [1.165, 1.54) is 43.5 Å². The summed E-state index contributed by atoms with van der Waals surface area (Å²) in [7, 11) is -4.31. The van der Waals surface area contributed by atoms with E-state index in [0.717, 1.165) is 5.56 Å². The van der Waals surface area contributed by atoms with E-state index in [-0.39, 0.29) is 15.8 Å². The maximum atomic E-state index is 10.4. The lowest BCUT2D eigenvalue weighted by atomic mass is 10.1. The van der Waals surface area contributed by atoms with Gasteiger partial charge in [-0.3, -0.25) is 0 Å². The predicted octanol–water partition coefficient (Wildman–Crippen LogP) is 6.61. The van der Waals surface area contributed by atoms with E-state index < -0.39 is 10.1 Å². The molecule has 0 N–H and O–H groups in total. The van der Waals surface area contributed by atoms with Gasteiger partial charge in [0.15, 0.2) is 14.7 Å². The lowest BCUT2D eigenvalue weighted by molar-refractivity contribution is 0.463. The molecule has 0 spiro atoms. The number of rotatable bonds is 4. The summed E-state index contributed by atoms with van der Waals surface area (Å²) in [5, 5.41) is 0. The van der Waals surface area contributed by atoms with Crippen molar-refractivity contribution in [3.05, 3.63) is 119 Å². The van der Waals surface area contributed by atoms with Gasteiger partial charge in [-0.1, -0.05) is 60.2 Å². The Morgan fingerprint density at radius 1 is 0.606 bits per heavy atom. The third-order valence-corrected chi connectivity index (χ3v) is 8.71. The lowest BCUT2D eigenvalue weighted by Gasteiger charge is -2.13. The smallest absolute Gasteiger partial charge is 0.169 e. The molecule has 0 aliphatic carbocycles. The molecule has 0 aliphatic heterocycles. The average molecular weight is 477 g/mol. The van der Waals surface area contributed by atoms with Crippen molar-refractivity contribution in [3.63, 3.8) is 0 Å². The van der Waals surface area contributed by atoms with Gasteiger partial charge in [0, 0.05) is 5.56 Å². The molecule has 3 nitrogen and oxygen atoms in total. The van der Waals surface area contributed by atoms with E-state index in [0.29, 0.717) is 0 Å². The zero-order valence-corrected chi connectivity index (χ0v) is 20.9. The largest absolute Gasteiger partial charge is 0.744 e. The summed E-state index contributed by atoms with van der Waals surface area (Å²) >= 11 is 0. The highest BCUT2D eigenvalue weighted by atomic mass is 32.2. The molecule has 0 radical (unpaired) electrons. The fourth-order valence-corrected chi connectivity index (χ4v) is 6.13. The zero-order chi connectivity index (χ0) is 24.0. The minimum absolute atomic E-state index is 0.0448. The Hall–Kier alpha value is -2.86. The minimum atomic E-state index is -4.27. The van der Waals surface area contributed by atoms with Crippen molar-refractivity contribution in [1.29, 1.82) is 0 Å². The van der Waals surface area contributed by atoms with Crippen molar-refractivity contribution in [2.45, 2.75) is 47.3 Å². The van der Waals surface area contributed by atoms with Crippen LogP contribution in [0.5, 0.6) is 0 Å².